The molecule has 2 rings (SSSR count). The number of ether oxygens (including phenoxy) is 1. The van der Waals surface area contributed by atoms with Crippen molar-refractivity contribution in [1.82, 2.24) is 9.97 Å². The van der Waals surface area contributed by atoms with Crippen molar-refractivity contribution in [2.75, 3.05) is 18.2 Å². The van der Waals surface area contributed by atoms with Crippen LogP contribution < -0.4 is 11.1 Å². The summed E-state index contributed by atoms with van der Waals surface area (Å²) in [5.41, 5.74) is 6.38. The largest absolute Gasteiger partial charge is 0.465 e. The second-order valence-electron chi connectivity index (χ2n) is 3.86. The first kappa shape index (κ1) is 12.9. The number of aromatic nitrogens is 2. The van der Waals surface area contributed by atoms with Crippen LogP contribution in [0.5, 0.6) is 0 Å². The number of carbonyl (C=O) groups excluding carboxylic acids is 1. The molecule has 0 amide bonds. The van der Waals surface area contributed by atoms with E-state index in [-0.39, 0.29) is 5.82 Å². The number of nitrogens with one attached hydrogen (secondary N) is 1. The number of aryl methyl sites for hydroxylation is 1. The maximum atomic E-state index is 11.6. The van der Waals surface area contributed by atoms with Gasteiger partial charge in [0.15, 0.2) is 0 Å². The summed E-state index contributed by atoms with van der Waals surface area (Å²) in [6.07, 6.45) is 3.09. The number of hydrogen-bond acceptors (Lipinski definition) is 7. The molecule has 3 N–H and O–H groups in total. The van der Waals surface area contributed by atoms with E-state index in [0.29, 0.717) is 23.7 Å². The quantitative estimate of drug-likeness (QED) is 0.801. The van der Waals surface area contributed by atoms with Gasteiger partial charge >= 0.3 is 5.97 Å². The fourth-order valence-electron chi connectivity index (χ4n) is 1.55. The maximum absolute atomic E-state index is 11.6. The number of nitrogen functional groups attached to an aromatic ring is 1. The molecule has 2 aromatic heterocycles. The Kier molecular flexibility index (Phi) is 3.65. The molecule has 0 saturated carbocycles. The summed E-state index contributed by atoms with van der Waals surface area (Å²) >= 11 is 0. The van der Waals surface area contributed by atoms with Gasteiger partial charge in [-0.05, 0) is 13.0 Å². The summed E-state index contributed by atoms with van der Waals surface area (Å²) in [5, 5.41) is 3.01. The lowest BCUT2D eigenvalue weighted by atomic mass is 10.2. The highest BCUT2D eigenvalue weighted by atomic mass is 16.5. The van der Waals surface area contributed by atoms with Gasteiger partial charge in [-0.2, -0.15) is 0 Å². The first-order chi connectivity index (χ1) is 9.10. The van der Waals surface area contributed by atoms with Crippen molar-refractivity contribution in [1.29, 1.82) is 0 Å². The molecule has 0 radical (unpaired) electrons. The molecule has 0 atom stereocenters. The zero-order valence-electron chi connectivity index (χ0n) is 10.6. The van der Waals surface area contributed by atoms with Crippen molar-refractivity contribution in [3.8, 4) is 0 Å². The fraction of sp³-hybridized carbons (Fsp3) is 0.250. The SMILES string of the molecule is COC(=O)c1cc(N)ncc1NCc1ncc(C)o1. The molecule has 19 heavy (non-hydrogen) atoms. The normalized spacial score (nSPS) is 10.2. The lowest BCUT2D eigenvalue weighted by molar-refractivity contribution is 0.0601. The van der Waals surface area contributed by atoms with Crippen LogP contribution in [0, 0.1) is 6.92 Å². The van der Waals surface area contributed by atoms with Gasteiger partial charge in [-0.25, -0.2) is 14.8 Å². The van der Waals surface area contributed by atoms with Gasteiger partial charge in [-0.1, -0.05) is 0 Å². The predicted octanol–water partition coefficient (Wildman–Crippen LogP) is 1.36. The summed E-state index contributed by atoms with van der Waals surface area (Å²) in [5.74, 6) is 1.00. The maximum Gasteiger partial charge on any atom is 0.340 e. The van der Waals surface area contributed by atoms with Crippen LogP contribution in [0.15, 0.2) is 22.9 Å². The molecule has 0 unspecified atom stereocenters. The van der Waals surface area contributed by atoms with E-state index in [1.807, 2.05) is 0 Å². The molecule has 7 heteroatoms. The molecule has 0 aliphatic rings. The zero-order valence-corrected chi connectivity index (χ0v) is 10.6. The Hall–Kier alpha value is -2.57. The number of methoxy groups -OCH3 is 1. The number of nitrogens with zero attached hydrogens (tertiary/aromatic N) is 2. The molecule has 0 spiro atoms. The minimum Gasteiger partial charge on any atom is -0.465 e. The summed E-state index contributed by atoms with van der Waals surface area (Å²) < 4.78 is 10.0. The Labute approximate surface area is 109 Å². The predicted molar refractivity (Wildman–Crippen MR) is 68.6 cm³/mol. The molecule has 0 fully saturated rings. The standard InChI is InChI=1S/C12H14N4O3/c1-7-4-16-11(19-7)6-14-9-5-15-10(13)3-8(9)12(17)18-2/h3-5,14H,6H2,1-2H3,(H2,13,15). The summed E-state index contributed by atoms with van der Waals surface area (Å²) in [6, 6.07) is 1.45. The third kappa shape index (κ3) is 3.01. The van der Waals surface area contributed by atoms with Gasteiger partial charge in [0.05, 0.1) is 37.3 Å². The van der Waals surface area contributed by atoms with E-state index in [1.54, 1.807) is 13.1 Å². The van der Waals surface area contributed by atoms with Crippen LogP contribution in [-0.2, 0) is 11.3 Å². The third-order valence-electron chi connectivity index (χ3n) is 2.43. The van der Waals surface area contributed by atoms with Gasteiger partial charge in [0.25, 0.3) is 0 Å². The Morgan fingerprint density at radius 3 is 2.89 bits per heavy atom. The van der Waals surface area contributed by atoms with Gasteiger partial charge in [-0.3, -0.25) is 0 Å². The van der Waals surface area contributed by atoms with Crippen LogP contribution >= 0.6 is 0 Å². The lowest BCUT2D eigenvalue weighted by Crippen LogP contribution is -2.10. The number of anilines is 2. The summed E-state index contributed by atoms with van der Waals surface area (Å²) in [7, 11) is 1.31. The smallest absolute Gasteiger partial charge is 0.340 e. The van der Waals surface area contributed by atoms with Gasteiger partial charge < -0.3 is 20.2 Å². The number of nitrogens with two attached hydrogens (primary N) is 1. The highest BCUT2D eigenvalue weighted by Gasteiger charge is 2.13. The van der Waals surface area contributed by atoms with Gasteiger partial charge in [0.1, 0.15) is 11.6 Å². The Balaban J connectivity index is 2.17. The number of rotatable bonds is 4. The minimum atomic E-state index is -0.486. The average Bonchev–Trinajstić information content (AvgIpc) is 2.82. The Bertz CT molecular complexity index is 594. The van der Waals surface area contributed by atoms with Crippen molar-refractivity contribution in [2.24, 2.45) is 0 Å². The molecule has 0 bridgehead atoms. The monoisotopic (exact) mass is 262 g/mol. The second-order valence-corrected chi connectivity index (χ2v) is 3.86. The van der Waals surface area contributed by atoms with Gasteiger partial charge in [0, 0.05) is 0 Å². The van der Waals surface area contributed by atoms with E-state index in [2.05, 4.69) is 20.0 Å². The minimum absolute atomic E-state index is 0.248. The fourth-order valence-corrected chi connectivity index (χ4v) is 1.55. The molecule has 100 valence electrons. The molecular formula is C12H14N4O3. The van der Waals surface area contributed by atoms with Crippen LogP contribution in [-0.4, -0.2) is 23.0 Å². The summed E-state index contributed by atoms with van der Waals surface area (Å²) in [4.78, 5) is 19.6. The van der Waals surface area contributed by atoms with Crippen LogP contribution in [0.25, 0.3) is 0 Å². The molecule has 7 nitrogen and oxygen atoms in total. The number of oxazole rings is 1. The van der Waals surface area contributed by atoms with Crippen LogP contribution in [0.2, 0.25) is 0 Å². The van der Waals surface area contributed by atoms with E-state index in [9.17, 15) is 4.79 Å². The van der Waals surface area contributed by atoms with E-state index in [1.165, 1.54) is 19.4 Å². The van der Waals surface area contributed by atoms with Gasteiger partial charge in [-0.15, -0.1) is 0 Å². The van der Waals surface area contributed by atoms with E-state index >= 15 is 0 Å². The van der Waals surface area contributed by atoms with Crippen molar-refractivity contribution >= 4 is 17.5 Å². The van der Waals surface area contributed by atoms with Crippen molar-refractivity contribution in [3.05, 3.63) is 35.7 Å². The van der Waals surface area contributed by atoms with Crippen LogP contribution in [0.3, 0.4) is 0 Å². The summed E-state index contributed by atoms with van der Waals surface area (Å²) in [6.45, 7) is 2.14. The molecule has 0 saturated heterocycles. The van der Waals surface area contributed by atoms with Crippen molar-refractivity contribution in [3.63, 3.8) is 0 Å². The number of hydrogen-bond donors (Lipinski definition) is 2. The lowest BCUT2D eigenvalue weighted by Gasteiger charge is -2.09. The topological polar surface area (TPSA) is 103 Å². The first-order valence-corrected chi connectivity index (χ1v) is 5.59. The third-order valence-corrected chi connectivity index (χ3v) is 2.43. The van der Waals surface area contributed by atoms with Gasteiger partial charge in [0.2, 0.25) is 5.89 Å². The molecular weight excluding hydrogens is 248 g/mol. The zero-order chi connectivity index (χ0) is 13.8. The van der Waals surface area contributed by atoms with Crippen molar-refractivity contribution < 1.29 is 13.9 Å². The molecule has 0 aliphatic carbocycles. The van der Waals surface area contributed by atoms with Crippen molar-refractivity contribution in [2.45, 2.75) is 13.5 Å². The van der Waals surface area contributed by atoms with Crippen LogP contribution in [0.1, 0.15) is 22.0 Å². The number of carbonyl (C=O) groups is 1. The molecule has 0 aliphatic heterocycles. The number of pyridine rings is 1. The highest BCUT2D eigenvalue weighted by molar-refractivity contribution is 5.96. The van der Waals surface area contributed by atoms with E-state index in [4.69, 9.17) is 10.2 Å². The second kappa shape index (κ2) is 5.38. The first-order valence-electron chi connectivity index (χ1n) is 5.59. The molecule has 2 heterocycles. The van der Waals surface area contributed by atoms with Crippen LogP contribution in [0.4, 0.5) is 11.5 Å². The Morgan fingerprint density at radius 1 is 1.47 bits per heavy atom. The highest BCUT2D eigenvalue weighted by Crippen LogP contribution is 2.18. The van der Waals surface area contributed by atoms with E-state index in [0.717, 1.165) is 5.76 Å². The Morgan fingerprint density at radius 2 is 2.26 bits per heavy atom. The molecule has 0 aromatic carbocycles. The molecule has 2 aromatic rings. The van der Waals surface area contributed by atoms with E-state index < -0.39 is 5.97 Å². The number of esters is 1. The average molecular weight is 262 g/mol.